The Hall–Kier alpha value is -3.81. The lowest BCUT2D eigenvalue weighted by molar-refractivity contribution is -0.137. The Morgan fingerprint density at radius 1 is 0.875 bits per heavy atom. The maximum Gasteiger partial charge on any atom is 0.416 e. The highest BCUT2D eigenvalue weighted by Crippen LogP contribution is 2.30. The van der Waals surface area contributed by atoms with Crippen molar-refractivity contribution in [2.24, 2.45) is 0 Å². The van der Waals surface area contributed by atoms with Crippen LogP contribution in [0, 0.1) is 0 Å². The van der Waals surface area contributed by atoms with E-state index in [2.05, 4.69) is 16.0 Å². The van der Waals surface area contributed by atoms with E-state index in [9.17, 15) is 22.8 Å². The molecule has 1 atom stereocenters. The second-order valence-corrected chi connectivity index (χ2v) is 7.17. The van der Waals surface area contributed by atoms with Crippen LogP contribution in [0.3, 0.4) is 0 Å². The zero-order chi connectivity index (χ0) is 23.1. The van der Waals surface area contributed by atoms with Crippen LogP contribution in [0.15, 0.2) is 78.9 Å². The van der Waals surface area contributed by atoms with Crippen LogP contribution in [0.2, 0.25) is 0 Å². The summed E-state index contributed by atoms with van der Waals surface area (Å²) in [5, 5.41) is 8.29. The van der Waals surface area contributed by atoms with Gasteiger partial charge in [-0.2, -0.15) is 13.2 Å². The summed E-state index contributed by atoms with van der Waals surface area (Å²) in [4.78, 5) is 24.7. The standard InChI is InChI=1S/C24H22F3N3O2/c1-16(17-7-3-2-4-8-17)29-22(31)15-28-20-11-5-9-18(13-20)23(32)30-21-12-6-10-19(14-21)24(25,26)27/h2-14,16,28H,15H2,1H3,(H,29,31)(H,30,32). The van der Waals surface area contributed by atoms with Crippen molar-refractivity contribution in [1.82, 2.24) is 5.32 Å². The first-order valence-corrected chi connectivity index (χ1v) is 9.89. The van der Waals surface area contributed by atoms with Crippen LogP contribution in [-0.2, 0) is 11.0 Å². The van der Waals surface area contributed by atoms with Gasteiger partial charge in [-0.25, -0.2) is 0 Å². The van der Waals surface area contributed by atoms with Gasteiger partial charge in [0.2, 0.25) is 5.91 Å². The Labute approximate surface area is 183 Å². The molecule has 5 nitrogen and oxygen atoms in total. The molecule has 3 aromatic rings. The molecule has 1 unspecified atom stereocenters. The summed E-state index contributed by atoms with van der Waals surface area (Å²) in [6.07, 6.45) is -4.50. The molecular formula is C24H22F3N3O2. The fraction of sp³-hybridized carbons (Fsp3) is 0.167. The summed E-state index contributed by atoms with van der Waals surface area (Å²) < 4.78 is 38.6. The first-order valence-electron chi connectivity index (χ1n) is 9.89. The average Bonchev–Trinajstić information content (AvgIpc) is 2.78. The molecule has 3 N–H and O–H groups in total. The lowest BCUT2D eigenvalue weighted by Gasteiger charge is -2.15. The van der Waals surface area contributed by atoms with Gasteiger partial charge in [0.25, 0.3) is 5.91 Å². The Balaban J connectivity index is 1.58. The van der Waals surface area contributed by atoms with Crippen LogP contribution in [0.4, 0.5) is 24.5 Å². The van der Waals surface area contributed by atoms with E-state index in [1.807, 2.05) is 37.3 Å². The first-order chi connectivity index (χ1) is 15.2. The summed E-state index contributed by atoms with van der Waals surface area (Å²) >= 11 is 0. The van der Waals surface area contributed by atoms with Crippen molar-refractivity contribution in [2.75, 3.05) is 17.2 Å². The Morgan fingerprint density at radius 2 is 1.56 bits per heavy atom. The number of alkyl halides is 3. The molecule has 0 fully saturated rings. The molecule has 0 heterocycles. The van der Waals surface area contributed by atoms with Gasteiger partial charge in [-0.1, -0.05) is 42.5 Å². The second kappa shape index (κ2) is 10.00. The number of benzene rings is 3. The lowest BCUT2D eigenvalue weighted by Crippen LogP contribution is -2.32. The Bertz CT molecular complexity index is 1090. The first kappa shape index (κ1) is 22.9. The highest BCUT2D eigenvalue weighted by Gasteiger charge is 2.30. The van der Waals surface area contributed by atoms with Crippen molar-refractivity contribution in [3.8, 4) is 0 Å². The smallest absolute Gasteiger partial charge is 0.376 e. The van der Waals surface area contributed by atoms with Crippen LogP contribution >= 0.6 is 0 Å². The largest absolute Gasteiger partial charge is 0.416 e. The minimum Gasteiger partial charge on any atom is -0.376 e. The molecule has 0 saturated carbocycles. The summed E-state index contributed by atoms with van der Waals surface area (Å²) in [6.45, 7) is 1.88. The monoisotopic (exact) mass is 441 g/mol. The van der Waals surface area contributed by atoms with Crippen molar-refractivity contribution in [3.05, 3.63) is 95.6 Å². The molecule has 0 aliphatic carbocycles. The maximum atomic E-state index is 12.9. The Morgan fingerprint density at radius 3 is 2.28 bits per heavy atom. The molecule has 0 aliphatic rings. The number of carbonyl (C=O) groups is 2. The quantitative estimate of drug-likeness (QED) is 0.469. The fourth-order valence-electron chi connectivity index (χ4n) is 3.05. The third-order valence-electron chi connectivity index (χ3n) is 4.70. The van der Waals surface area contributed by atoms with Gasteiger partial charge < -0.3 is 16.0 Å². The highest BCUT2D eigenvalue weighted by molar-refractivity contribution is 6.04. The van der Waals surface area contributed by atoms with E-state index in [1.54, 1.807) is 12.1 Å². The number of carbonyl (C=O) groups excluding carboxylic acids is 2. The highest BCUT2D eigenvalue weighted by atomic mass is 19.4. The van der Waals surface area contributed by atoms with Gasteiger partial charge in [-0.15, -0.1) is 0 Å². The van der Waals surface area contributed by atoms with Gasteiger partial charge in [-0.05, 0) is 48.9 Å². The van der Waals surface area contributed by atoms with E-state index >= 15 is 0 Å². The second-order valence-electron chi connectivity index (χ2n) is 7.17. The minimum atomic E-state index is -4.50. The van der Waals surface area contributed by atoms with E-state index in [-0.39, 0.29) is 29.7 Å². The molecule has 0 aliphatic heterocycles. The van der Waals surface area contributed by atoms with E-state index in [1.165, 1.54) is 24.3 Å². The molecule has 0 aromatic heterocycles. The predicted molar refractivity (Wildman–Crippen MR) is 117 cm³/mol. The third-order valence-corrected chi connectivity index (χ3v) is 4.70. The SMILES string of the molecule is CC(NC(=O)CNc1cccc(C(=O)Nc2cccc(C(F)(F)F)c2)c1)c1ccccc1. The number of halogens is 3. The van der Waals surface area contributed by atoms with Crippen molar-refractivity contribution in [2.45, 2.75) is 19.1 Å². The van der Waals surface area contributed by atoms with Crippen LogP contribution in [0.25, 0.3) is 0 Å². The van der Waals surface area contributed by atoms with Crippen molar-refractivity contribution in [3.63, 3.8) is 0 Å². The third kappa shape index (κ3) is 6.34. The van der Waals surface area contributed by atoms with Gasteiger partial charge in [0.05, 0.1) is 18.2 Å². The zero-order valence-electron chi connectivity index (χ0n) is 17.2. The van der Waals surface area contributed by atoms with Crippen LogP contribution in [0.5, 0.6) is 0 Å². The summed E-state index contributed by atoms with van der Waals surface area (Å²) in [5.41, 5.74) is 0.947. The van der Waals surface area contributed by atoms with Gasteiger partial charge in [0.15, 0.2) is 0 Å². The van der Waals surface area contributed by atoms with Gasteiger partial charge in [0, 0.05) is 16.9 Å². The number of amides is 2. The zero-order valence-corrected chi connectivity index (χ0v) is 17.2. The number of hydrogen-bond acceptors (Lipinski definition) is 3. The van der Waals surface area contributed by atoms with E-state index in [0.29, 0.717) is 5.69 Å². The molecule has 8 heteroatoms. The number of anilines is 2. The van der Waals surface area contributed by atoms with Gasteiger partial charge in [-0.3, -0.25) is 9.59 Å². The van der Waals surface area contributed by atoms with Crippen molar-refractivity contribution >= 4 is 23.2 Å². The Kier molecular flexibility index (Phi) is 7.14. The van der Waals surface area contributed by atoms with E-state index in [0.717, 1.165) is 17.7 Å². The summed E-state index contributed by atoms with van der Waals surface area (Å²) in [7, 11) is 0. The van der Waals surface area contributed by atoms with Crippen molar-refractivity contribution < 1.29 is 22.8 Å². The summed E-state index contributed by atoms with van der Waals surface area (Å²) in [5.74, 6) is -0.782. The normalized spacial score (nSPS) is 12.0. The topological polar surface area (TPSA) is 70.2 Å². The molecule has 3 rings (SSSR count). The van der Waals surface area contributed by atoms with Gasteiger partial charge in [0.1, 0.15) is 0 Å². The molecular weight excluding hydrogens is 419 g/mol. The molecule has 0 saturated heterocycles. The molecule has 166 valence electrons. The summed E-state index contributed by atoms with van der Waals surface area (Å²) in [6, 6.07) is 20.2. The fourth-order valence-corrected chi connectivity index (χ4v) is 3.05. The maximum absolute atomic E-state index is 12.9. The van der Waals surface area contributed by atoms with Crippen LogP contribution < -0.4 is 16.0 Å². The molecule has 2 amide bonds. The molecule has 0 spiro atoms. The van der Waals surface area contributed by atoms with Crippen molar-refractivity contribution in [1.29, 1.82) is 0 Å². The number of hydrogen-bond donors (Lipinski definition) is 3. The lowest BCUT2D eigenvalue weighted by atomic mass is 10.1. The van der Waals surface area contributed by atoms with Crippen LogP contribution in [-0.4, -0.2) is 18.4 Å². The number of nitrogens with one attached hydrogen (secondary N) is 3. The predicted octanol–water partition coefficient (Wildman–Crippen LogP) is 5.25. The average molecular weight is 441 g/mol. The molecule has 0 radical (unpaired) electrons. The van der Waals surface area contributed by atoms with E-state index < -0.39 is 17.6 Å². The van der Waals surface area contributed by atoms with Crippen LogP contribution in [0.1, 0.15) is 34.5 Å². The van der Waals surface area contributed by atoms with Gasteiger partial charge >= 0.3 is 6.18 Å². The molecule has 3 aromatic carbocycles. The molecule has 0 bridgehead atoms. The number of rotatable bonds is 7. The minimum absolute atomic E-state index is 0.00409. The van der Waals surface area contributed by atoms with E-state index in [4.69, 9.17) is 0 Å². The molecule has 32 heavy (non-hydrogen) atoms.